The molecule has 1 aromatic heterocycles. The first-order valence-electron chi connectivity index (χ1n) is 9.48. The topological polar surface area (TPSA) is 105 Å². The Balaban J connectivity index is 2.25. The maximum atomic E-state index is 12.1. The van der Waals surface area contributed by atoms with Crippen molar-refractivity contribution in [2.75, 3.05) is 41.3 Å². The van der Waals surface area contributed by atoms with E-state index in [0.29, 0.717) is 45.6 Å². The van der Waals surface area contributed by atoms with Gasteiger partial charge in [0.1, 0.15) is 23.0 Å². The maximum Gasteiger partial charge on any atom is 0.311 e. The number of carbonyl (C=O) groups is 1. The molecule has 8 heteroatoms. The number of methoxy groups -OCH3 is 5. The van der Waals surface area contributed by atoms with Gasteiger partial charge in [-0.05, 0) is 29.8 Å². The molecule has 0 aliphatic heterocycles. The van der Waals surface area contributed by atoms with E-state index in [2.05, 4.69) is 4.98 Å². The lowest BCUT2D eigenvalue weighted by molar-refractivity contribution is -0.139. The molecule has 1 heterocycles. The van der Waals surface area contributed by atoms with E-state index in [4.69, 9.17) is 29.4 Å². The van der Waals surface area contributed by atoms with E-state index in [0.717, 1.165) is 11.1 Å². The van der Waals surface area contributed by atoms with Crippen LogP contribution in [0.1, 0.15) is 5.69 Å². The second-order valence-corrected chi connectivity index (χ2v) is 6.72. The molecule has 0 saturated heterocycles. The highest BCUT2D eigenvalue weighted by atomic mass is 16.5. The van der Waals surface area contributed by atoms with Gasteiger partial charge in [0.15, 0.2) is 0 Å². The Hall–Kier alpha value is -3.81. The van der Waals surface area contributed by atoms with Crippen LogP contribution in [-0.4, -0.2) is 46.5 Å². The van der Waals surface area contributed by atoms with Gasteiger partial charge in [-0.1, -0.05) is 0 Å². The molecule has 8 nitrogen and oxygen atoms in total. The Morgan fingerprint density at radius 2 is 1.23 bits per heavy atom. The van der Waals surface area contributed by atoms with Crippen molar-refractivity contribution in [1.29, 1.82) is 0 Å². The first-order chi connectivity index (χ1) is 14.9. The van der Waals surface area contributed by atoms with Gasteiger partial charge in [-0.15, -0.1) is 0 Å². The number of nitrogens with two attached hydrogens (primary N) is 1. The number of H-pyrrole nitrogens is 1. The van der Waals surface area contributed by atoms with Gasteiger partial charge in [0, 0.05) is 29.0 Å². The summed E-state index contributed by atoms with van der Waals surface area (Å²) in [5.74, 6) is 2.03. The van der Waals surface area contributed by atoms with Gasteiger partial charge in [0.25, 0.3) is 0 Å². The molecule has 0 fully saturated rings. The quantitative estimate of drug-likeness (QED) is 0.529. The van der Waals surface area contributed by atoms with Gasteiger partial charge in [-0.25, -0.2) is 0 Å². The predicted molar refractivity (Wildman–Crippen MR) is 118 cm³/mol. The van der Waals surface area contributed by atoms with E-state index in [-0.39, 0.29) is 6.42 Å². The van der Waals surface area contributed by atoms with Crippen LogP contribution in [0.15, 0.2) is 36.4 Å². The Morgan fingerprint density at radius 3 is 1.65 bits per heavy atom. The number of anilines is 1. The number of aromatic amines is 1. The van der Waals surface area contributed by atoms with Gasteiger partial charge in [0.2, 0.25) is 0 Å². The molecule has 0 bridgehead atoms. The second-order valence-electron chi connectivity index (χ2n) is 6.72. The van der Waals surface area contributed by atoms with Crippen LogP contribution in [0.3, 0.4) is 0 Å². The molecule has 2 aromatic carbocycles. The third-order valence-corrected chi connectivity index (χ3v) is 4.95. The molecule has 0 aliphatic rings. The molecule has 0 spiro atoms. The molecule has 0 atom stereocenters. The highest BCUT2D eigenvalue weighted by Crippen LogP contribution is 2.42. The molecule has 0 unspecified atom stereocenters. The van der Waals surface area contributed by atoms with E-state index in [1.165, 1.54) is 7.11 Å². The number of rotatable bonds is 8. The summed E-state index contributed by atoms with van der Waals surface area (Å²) in [6, 6.07) is 10.9. The van der Waals surface area contributed by atoms with Crippen molar-refractivity contribution in [1.82, 2.24) is 4.98 Å². The van der Waals surface area contributed by atoms with Crippen LogP contribution in [-0.2, 0) is 16.0 Å². The smallest absolute Gasteiger partial charge is 0.311 e. The number of nitrogens with one attached hydrogen (secondary N) is 1. The zero-order chi connectivity index (χ0) is 22.5. The van der Waals surface area contributed by atoms with E-state index in [1.54, 1.807) is 40.6 Å². The summed E-state index contributed by atoms with van der Waals surface area (Å²) >= 11 is 0. The number of carbonyl (C=O) groups excluding carboxylic acids is 1. The normalized spacial score (nSPS) is 10.5. The third kappa shape index (κ3) is 4.53. The van der Waals surface area contributed by atoms with Gasteiger partial charge in [0.05, 0.1) is 53.4 Å². The maximum absolute atomic E-state index is 12.1. The third-order valence-electron chi connectivity index (χ3n) is 4.95. The minimum atomic E-state index is -0.396. The molecule has 31 heavy (non-hydrogen) atoms. The summed E-state index contributed by atoms with van der Waals surface area (Å²) in [6.07, 6.45) is 0.0106. The molecular weight excluding hydrogens is 400 g/mol. The first-order valence-corrected chi connectivity index (χ1v) is 9.48. The number of nitrogen functional groups attached to an aromatic ring is 1. The van der Waals surface area contributed by atoms with Gasteiger partial charge in [-0.2, -0.15) is 0 Å². The van der Waals surface area contributed by atoms with E-state index in [1.807, 2.05) is 24.3 Å². The van der Waals surface area contributed by atoms with Crippen LogP contribution in [0.25, 0.3) is 22.4 Å². The summed E-state index contributed by atoms with van der Waals surface area (Å²) in [4.78, 5) is 15.4. The highest BCUT2D eigenvalue weighted by molar-refractivity contribution is 5.93. The van der Waals surface area contributed by atoms with Gasteiger partial charge in [-0.3, -0.25) is 4.79 Å². The number of ether oxygens (including phenoxy) is 5. The lowest BCUT2D eigenvalue weighted by Gasteiger charge is -2.11. The Kier molecular flexibility index (Phi) is 6.59. The summed E-state index contributed by atoms with van der Waals surface area (Å²) in [5.41, 5.74) is 10.5. The van der Waals surface area contributed by atoms with Crippen LogP contribution in [0.4, 0.5) is 5.69 Å². The largest absolute Gasteiger partial charge is 0.497 e. The lowest BCUT2D eigenvalue weighted by atomic mass is 10.0. The standard InChI is InChI=1S/C23H26N2O6/c1-27-15-6-13(7-16(10-15)28-2)21-19(12-20(26)31-5)25-23(22(21)24)14-8-17(29-3)11-18(9-14)30-4/h6-11,25H,12,24H2,1-5H3. The number of esters is 1. The molecule has 3 N–H and O–H groups in total. The van der Waals surface area contributed by atoms with E-state index >= 15 is 0 Å². The average Bonchev–Trinajstić information content (AvgIpc) is 3.13. The van der Waals surface area contributed by atoms with Crippen molar-refractivity contribution < 1.29 is 28.5 Å². The summed E-state index contributed by atoms with van der Waals surface area (Å²) in [5, 5.41) is 0. The minimum Gasteiger partial charge on any atom is -0.497 e. The summed E-state index contributed by atoms with van der Waals surface area (Å²) in [6.45, 7) is 0. The zero-order valence-corrected chi connectivity index (χ0v) is 18.2. The Labute approximate surface area is 180 Å². The molecule has 3 rings (SSSR count). The fourth-order valence-corrected chi connectivity index (χ4v) is 3.38. The highest BCUT2D eigenvalue weighted by Gasteiger charge is 2.22. The molecule has 164 valence electrons. The average molecular weight is 426 g/mol. The predicted octanol–water partition coefficient (Wildman–Crippen LogP) is 3.68. The van der Waals surface area contributed by atoms with Crippen LogP contribution < -0.4 is 24.7 Å². The van der Waals surface area contributed by atoms with Crippen LogP contribution in [0.2, 0.25) is 0 Å². The lowest BCUT2D eigenvalue weighted by Crippen LogP contribution is -2.06. The number of aromatic nitrogens is 1. The monoisotopic (exact) mass is 426 g/mol. The summed E-state index contributed by atoms with van der Waals surface area (Å²) < 4.78 is 26.4. The molecule has 0 saturated carbocycles. The van der Waals surface area contributed by atoms with Crippen LogP contribution in [0, 0.1) is 0 Å². The number of benzene rings is 2. The van der Waals surface area contributed by atoms with Gasteiger partial charge < -0.3 is 34.4 Å². The van der Waals surface area contributed by atoms with Gasteiger partial charge >= 0.3 is 5.97 Å². The molecule has 0 amide bonds. The molecule has 3 aromatic rings. The van der Waals surface area contributed by atoms with Crippen molar-refractivity contribution in [3.63, 3.8) is 0 Å². The molecule has 0 radical (unpaired) electrons. The zero-order valence-electron chi connectivity index (χ0n) is 18.2. The van der Waals surface area contributed by atoms with Crippen molar-refractivity contribution in [3.8, 4) is 45.4 Å². The second kappa shape index (κ2) is 9.34. The van der Waals surface area contributed by atoms with E-state index in [9.17, 15) is 4.79 Å². The summed E-state index contributed by atoms with van der Waals surface area (Å²) in [7, 11) is 7.64. The molecular formula is C23H26N2O6. The Bertz CT molecular complexity index is 1050. The SMILES string of the molecule is COC(=O)Cc1[nH]c(-c2cc(OC)cc(OC)c2)c(N)c1-c1cc(OC)cc(OC)c1. The van der Waals surface area contributed by atoms with Crippen LogP contribution in [0.5, 0.6) is 23.0 Å². The van der Waals surface area contributed by atoms with Crippen molar-refractivity contribution in [3.05, 3.63) is 42.1 Å². The van der Waals surface area contributed by atoms with Crippen molar-refractivity contribution >= 4 is 11.7 Å². The van der Waals surface area contributed by atoms with Crippen LogP contribution >= 0.6 is 0 Å². The fraction of sp³-hybridized carbons (Fsp3) is 0.261. The number of hydrogen-bond donors (Lipinski definition) is 2. The van der Waals surface area contributed by atoms with E-state index < -0.39 is 5.97 Å². The van der Waals surface area contributed by atoms with Crippen molar-refractivity contribution in [2.24, 2.45) is 0 Å². The number of hydrogen-bond acceptors (Lipinski definition) is 7. The van der Waals surface area contributed by atoms with Crippen molar-refractivity contribution in [2.45, 2.75) is 6.42 Å². The molecule has 0 aliphatic carbocycles. The first kappa shape index (κ1) is 21.9. The Morgan fingerprint density at radius 1 is 0.774 bits per heavy atom. The fourth-order valence-electron chi connectivity index (χ4n) is 3.38. The minimum absolute atomic E-state index is 0.0106.